The maximum absolute atomic E-state index is 13.1. The summed E-state index contributed by atoms with van der Waals surface area (Å²) in [5, 5.41) is 17.3. The van der Waals surface area contributed by atoms with E-state index in [9.17, 15) is 23.1 Å². The molecule has 2 amide bonds. The number of fused-ring (bicyclic) bond motifs is 1. The number of benzene rings is 2. The van der Waals surface area contributed by atoms with Crippen LogP contribution in [0.15, 0.2) is 70.3 Å². The summed E-state index contributed by atoms with van der Waals surface area (Å²) in [7, 11) is -3.71. The monoisotopic (exact) mass is 499 g/mol. The zero-order chi connectivity index (χ0) is 24.3. The summed E-state index contributed by atoms with van der Waals surface area (Å²) in [6.07, 6.45) is 1.40. The Labute approximate surface area is 202 Å². The van der Waals surface area contributed by atoms with Crippen molar-refractivity contribution in [3.05, 3.63) is 77.2 Å². The van der Waals surface area contributed by atoms with E-state index in [1.165, 1.54) is 4.31 Å². The molecule has 0 aliphatic carbocycles. The average Bonchev–Trinajstić information content (AvgIpc) is 3.39. The number of aliphatic hydroxyl groups is 1. The van der Waals surface area contributed by atoms with Crippen LogP contribution < -0.4 is 14.9 Å². The van der Waals surface area contributed by atoms with Gasteiger partial charge in [-0.05, 0) is 54.5 Å². The van der Waals surface area contributed by atoms with E-state index in [1.54, 1.807) is 66.9 Å². The molecule has 1 atom stereocenters. The van der Waals surface area contributed by atoms with Gasteiger partial charge >= 0.3 is 11.8 Å². The molecule has 1 aromatic heterocycles. The van der Waals surface area contributed by atoms with Gasteiger partial charge in [0, 0.05) is 12.2 Å². The summed E-state index contributed by atoms with van der Waals surface area (Å²) < 4.78 is 27.8. The first kappa shape index (κ1) is 23.9. The fraction of sp³-hybridized carbons (Fsp3) is 0.250. The molecule has 0 bridgehead atoms. The Kier molecular flexibility index (Phi) is 6.74. The molecule has 1 aliphatic rings. The second-order valence-corrected chi connectivity index (χ2v) is 11.3. The van der Waals surface area contributed by atoms with Crippen LogP contribution in [-0.4, -0.2) is 38.4 Å². The molecule has 34 heavy (non-hydrogen) atoms. The number of carbonyl (C=O) groups is 2. The van der Waals surface area contributed by atoms with Gasteiger partial charge in [0.05, 0.1) is 12.2 Å². The molecular weight excluding hydrogens is 474 g/mol. The van der Waals surface area contributed by atoms with E-state index in [1.807, 2.05) is 6.07 Å². The molecule has 3 N–H and O–H groups in total. The van der Waals surface area contributed by atoms with Crippen LogP contribution in [0, 0.1) is 0 Å². The third kappa shape index (κ3) is 4.98. The maximum Gasteiger partial charge on any atom is 0.313 e. The molecule has 0 radical (unpaired) electrons. The standard InChI is InChI=1S/C24H25N3O5S2/c1-24(30,18-8-3-2-4-9-18)16-25-22(28)23(29)26-19-12-11-17-7-5-13-27(20(17)15-19)34(31,32)21-10-6-14-33-21/h2-4,6,8-12,14-15,30H,5,7,13,16H2,1H3,(H,25,28)(H,26,29). The number of thiophene rings is 1. The van der Waals surface area contributed by atoms with E-state index in [0.717, 1.165) is 23.3 Å². The van der Waals surface area contributed by atoms with Gasteiger partial charge in [-0.3, -0.25) is 13.9 Å². The summed E-state index contributed by atoms with van der Waals surface area (Å²) in [5.41, 5.74) is 0.914. The molecule has 0 fully saturated rings. The van der Waals surface area contributed by atoms with Crippen LogP contribution in [0.4, 0.5) is 11.4 Å². The molecule has 8 nitrogen and oxygen atoms in total. The lowest BCUT2D eigenvalue weighted by Gasteiger charge is -2.30. The van der Waals surface area contributed by atoms with Crippen LogP contribution in [0.2, 0.25) is 0 Å². The molecule has 4 rings (SSSR count). The van der Waals surface area contributed by atoms with Gasteiger partial charge in [-0.1, -0.05) is 42.5 Å². The summed E-state index contributed by atoms with van der Waals surface area (Å²) in [4.78, 5) is 24.8. The predicted molar refractivity (Wildman–Crippen MR) is 131 cm³/mol. The van der Waals surface area contributed by atoms with Crippen LogP contribution in [0.3, 0.4) is 0 Å². The van der Waals surface area contributed by atoms with Gasteiger partial charge in [0.2, 0.25) is 0 Å². The topological polar surface area (TPSA) is 116 Å². The molecule has 10 heteroatoms. The third-order valence-corrected chi connectivity index (χ3v) is 8.84. The molecule has 2 aromatic carbocycles. The number of hydrogen-bond acceptors (Lipinski definition) is 6. The van der Waals surface area contributed by atoms with Crippen molar-refractivity contribution in [1.29, 1.82) is 0 Å². The number of rotatable bonds is 6. The van der Waals surface area contributed by atoms with E-state index >= 15 is 0 Å². The van der Waals surface area contributed by atoms with Gasteiger partial charge in [0.1, 0.15) is 9.81 Å². The molecular formula is C24H25N3O5S2. The van der Waals surface area contributed by atoms with Gasteiger partial charge < -0.3 is 15.7 Å². The SMILES string of the molecule is CC(O)(CNC(=O)C(=O)Nc1ccc2c(c1)N(S(=O)(=O)c1cccs1)CCC2)c1ccccc1. The molecule has 3 aromatic rings. The van der Waals surface area contributed by atoms with E-state index in [0.29, 0.717) is 29.9 Å². The average molecular weight is 500 g/mol. The van der Waals surface area contributed by atoms with Gasteiger partial charge in [0.15, 0.2) is 0 Å². The Balaban J connectivity index is 1.46. The van der Waals surface area contributed by atoms with Crippen molar-refractivity contribution in [1.82, 2.24) is 5.32 Å². The minimum absolute atomic E-state index is 0.152. The van der Waals surface area contributed by atoms with Crippen LogP contribution >= 0.6 is 11.3 Å². The third-order valence-electron chi connectivity index (χ3n) is 5.65. The minimum Gasteiger partial charge on any atom is -0.384 e. The highest BCUT2D eigenvalue weighted by molar-refractivity contribution is 7.94. The second-order valence-electron chi connectivity index (χ2n) is 8.23. The Morgan fingerprint density at radius 2 is 1.85 bits per heavy atom. The van der Waals surface area contributed by atoms with Crippen molar-refractivity contribution in [2.75, 3.05) is 22.7 Å². The van der Waals surface area contributed by atoms with Gasteiger partial charge in [-0.25, -0.2) is 8.42 Å². The highest BCUT2D eigenvalue weighted by Crippen LogP contribution is 2.35. The van der Waals surface area contributed by atoms with Gasteiger partial charge in [0.25, 0.3) is 10.0 Å². The summed E-state index contributed by atoms with van der Waals surface area (Å²) in [6.45, 7) is 1.73. The molecule has 178 valence electrons. The molecule has 0 saturated carbocycles. The van der Waals surface area contributed by atoms with Gasteiger partial charge in [-0.2, -0.15) is 0 Å². The first-order valence-corrected chi connectivity index (χ1v) is 13.1. The van der Waals surface area contributed by atoms with Crippen molar-refractivity contribution < 1.29 is 23.1 Å². The minimum atomic E-state index is -3.71. The highest BCUT2D eigenvalue weighted by Gasteiger charge is 2.30. The first-order chi connectivity index (χ1) is 16.2. The zero-order valence-corrected chi connectivity index (χ0v) is 20.2. The lowest BCUT2D eigenvalue weighted by Crippen LogP contribution is -2.43. The molecule has 2 heterocycles. The smallest absolute Gasteiger partial charge is 0.313 e. The second kappa shape index (κ2) is 9.57. The van der Waals surface area contributed by atoms with Crippen molar-refractivity contribution in [3.63, 3.8) is 0 Å². The Hall–Kier alpha value is -3.21. The Morgan fingerprint density at radius 3 is 2.56 bits per heavy atom. The highest BCUT2D eigenvalue weighted by atomic mass is 32.2. The van der Waals surface area contributed by atoms with E-state index in [2.05, 4.69) is 10.6 Å². The molecule has 0 saturated heterocycles. The van der Waals surface area contributed by atoms with Crippen molar-refractivity contribution in [2.24, 2.45) is 0 Å². The van der Waals surface area contributed by atoms with Crippen LogP contribution in [0.25, 0.3) is 0 Å². The number of anilines is 2. The molecule has 0 spiro atoms. The van der Waals surface area contributed by atoms with Gasteiger partial charge in [-0.15, -0.1) is 11.3 Å². The van der Waals surface area contributed by atoms with Crippen LogP contribution in [-0.2, 0) is 31.6 Å². The molecule has 1 aliphatic heterocycles. The largest absolute Gasteiger partial charge is 0.384 e. The van der Waals surface area contributed by atoms with Crippen molar-refractivity contribution >= 4 is 44.5 Å². The van der Waals surface area contributed by atoms with Crippen molar-refractivity contribution in [2.45, 2.75) is 29.6 Å². The van der Waals surface area contributed by atoms with Crippen LogP contribution in [0.5, 0.6) is 0 Å². The fourth-order valence-corrected chi connectivity index (χ4v) is 6.44. The zero-order valence-electron chi connectivity index (χ0n) is 18.5. The lowest BCUT2D eigenvalue weighted by molar-refractivity contribution is -0.136. The number of sulfonamides is 1. The van der Waals surface area contributed by atoms with E-state index in [-0.39, 0.29) is 10.8 Å². The van der Waals surface area contributed by atoms with E-state index < -0.39 is 27.4 Å². The quantitative estimate of drug-likeness (QED) is 0.451. The number of nitrogens with zero attached hydrogens (tertiary/aromatic N) is 1. The van der Waals surface area contributed by atoms with Crippen LogP contribution in [0.1, 0.15) is 24.5 Å². The normalized spacial score (nSPS) is 15.2. The number of hydrogen-bond donors (Lipinski definition) is 3. The first-order valence-electron chi connectivity index (χ1n) is 10.7. The maximum atomic E-state index is 13.1. The predicted octanol–water partition coefficient (Wildman–Crippen LogP) is 2.85. The number of nitrogens with one attached hydrogen (secondary N) is 2. The lowest BCUT2D eigenvalue weighted by atomic mass is 9.96. The summed E-state index contributed by atoms with van der Waals surface area (Å²) in [5.74, 6) is -1.82. The number of aryl methyl sites for hydroxylation is 1. The molecule has 1 unspecified atom stereocenters. The fourth-order valence-electron chi connectivity index (χ4n) is 3.81. The Bertz CT molecular complexity index is 1290. The number of carbonyl (C=O) groups excluding carboxylic acids is 2. The number of amides is 2. The summed E-state index contributed by atoms with van der Waals surface area (Å²) in [6, 6.07) is 17.1. The van der Waals surface area contributed by atoms with E-state index in [4.69, 9.17) is 0 Å². The van der Waals surface area contributed by atoms with Crippen molar-refractivity contribution in [3.8, 4) is 0 Å². The summed E-state index contributed by atoms with van der Waals surface area (Å²) >= 11 is 1.15. The Morgan fingerprint density at radius 1 is 1.09 bits per heavy atom.